The van der Waals surface area contributed by atoms with Gasteiger partial charge in [0.25, 0.3) is 0 Å². The molecule has 0 radical (unpaired) electrons. The average molecular weight is 278 g/mol. The van der Waals surface area contributed by atoms with Crippen LogP contribution in [-0.2, 0) is 6.42 Å². The lowest BCUT2D eigenvalue weighted by Gasteiger charge is -2.17. The van der Waals surface area contributed by atoms with Crippen LogP contribution in [0.4, 0.5) is 4.39 Å². The Bertz CT molecular complexity index is 328. The van der Waals surface area contributed by atoms with Crippen LogP contribution >= 0.6 is 27.3 Å². The molecule has 78 valence electrons. The number of hydrogen-bond donors (Lipinski definition) is 1. The zero-order chi connectivity index (χ0) is 10.2. The molecule has 0 aliphatic heterocycles. The fourth-order valence-electron chi connectivity index (χ4n) is 2.04. The Labute approximate surface area is 95.6 Å². The van der Waals surface area contributed by atoms with E-state index < -0.39 is 5.67 Å². The molecular weight excluding hydrogens is 265 g/mol. The second-order valence-corrected chi connectivity index (χ2v) is 6.58. The van der Waals surface area contributed by atoms with Gasteiger partial charge in [-0.15, -0.1) is 11.3 Å². The summed E-state index contributed by atoms with van der Waals surface area (Å²) < 4.78 is 15.2. The lowest BCUT2D eigenvalue weighted by molar-refractivity contribution is 0.172. The van der Waals surface area contributed by atoms with Gasteiger partial charge in [-0.25, -0.2) is 4.39 Å². The minimum atomic E-state index is -1.05. The average Bonchev–Trinajstić information content (AvgIpc) is 2.60. The lowest BCUT2D eigenvalue weighted by Crippen LogP contribution is -2.25. The molecule has 2 unspecified atom stereocenters. The second kappa shape index (κ2) is 3.91. The Balaban J connectivity index is 2.03. The van der Waals surface area contributed by atoms with E-state index in [1.165, 1.54) is 0 Å². The van der Waals surface area contributed by atoms with Crippen LogP contribution in [0.2, 0.25) is 0 Å². The van der Waals surface area contributed by atoms with Gasteiger partial charge in [-0.3, -0.25) is 0 Å². The predicted molar refractivity (Wildman–Crippen MR) is 61.4 cm³/mol. The van der Waals surface area contributed by atoms with E-state index in [9.17, 15) is 4.39 Å². The first-order valence-corrected chi connectivity index (χ1v) is 6.37. The first kappa shape index (κ1) is 10.6. The van der Waals surface area contributed by atoms with E-state index in [-0.39, 0.29) is 6.04 Å². The van der Waals surface area contributed by atoms with Gasteiger partial charge in [0.05, 0.1) is 3.79 Å². The molecule has 1 aromatic heterocycles. The Morgan fingerprint density at radius 1 is 1.64 bits per heavy atom. The summed E-state index contributed by atoms with van der Waals surface area (Å²) in [6, 6.07) is 4.02. The van der Waals surface area contributed by atoms with Crippen LogP contribution < -0.4 is 5.73 Å². The van der Waals surface area contributed by atoms with Gasteiger partial charge in [-0.2, -0.15) is 0 Å². The van der Waals surface area contributed by atoms with E-state index >= 15 is 0 Å². The van der Waals surface area contributed by atoms with Crippen LogP contribution in [0.25, 0.3) is 0 Å². The molecule has 1 fully saturated rings. The molecule has 2 N–H and O–H groups in total. The lowest BCUT2D eigenvalue weighted by atomic mass is 9.99. The third-order valence-corrected chi connectivity index (χ3v) is 4.33. The van der Waals surface area contributed by atoms with E-state index in [1.54, 1.807) is 11.3 Å². The molecule has 1 aliphatic rings. The maximum absolute atomic E-state index is 14.2. The first-order valence-electron chi connectivity index (χ1n) is 4.76. The normalized spacial score (nSPS) is 32.4. The van der Waals surface area contributed by atoms with Gasteiger partial charge in [-0.05, 0) is 47.3 Å². The SMILES string of the molecule is NC1CCC(F)(Cc2ccc(Br)s2)C1. The maximum atomic E-state index is 14.2. The van der Waals surface area contributed by atoms with Gasteiger partial charge in [0, 0.05) is 17.3 Å². The zero-order valence-electron chi connectivity index (χ0n) is 7.80. The summed E-state index contributed by atoms with van der Waals surface area (Å²) in [4.78, 5) is 1.11. The molecule has 1 saturated carbocycles. The molecule has 1 aliphatic carbocycles. The molecule has 0 saturated heterocycles. The van der Waals surface area contributed by atoms with Crippen molar-refractivity contribution in [3.63, 3.8) is 0 Å². The van der Waals surface area contributed by atoms with E-state index in [1.807, 2.05) is 12.1 Å². The summed E-state index contributed by atoms with van der Waals surface area (Å²) in [6.07, 6.45) is 2.48. The van der Waals surface area contributed by atoms with Gasteiger partial charge in [-0.1, -0.05) is 0 Å². The fourth-order valence-corrected chi connectivity index (χ4v) is 3.65. The predicted octanol–water partition coefficient (Wildman–Crippen LogP) is 3.27. The van der Waals surface area contributed by atoms with Crippen molar-refractivity contribution < 1.29 is 4.39 Å². The minimum absolute atomic E-state index is 0.0587. The molecule has 0 aromatic carbocycles. The van der Waals surface area contributed by atoms with E-state index in [2.05, 4.69) is 15.9 Å². The number of rotatable bonds is 2. The third kappa shape index (κ3) is 2.35. The summed E-state index contributed by atoms with van der Waals surface area (Å²) >= 11 is 4.99. The highest BCUT2D eigenvalue weighted by Gasteiger charge is 2.38. The molecule has 2 rings (SSSR count). The molecular formula is C10H13BrFNS. The summed E-state index contributed by atoms with van der Waals surface area (Å²) in [5, 5.41) is 0. The Hall–Kier alpha value is 0.0700. The number of halogens is 2. The Morgan fingerprint density at radius 2 is 2.43 bits per heavy atom. The molecule has 4 heteroatoms. The molecule has 0 spiro atoms. The van der Waals surface area contributed by atoms with Gasteiger partial charge in [0.15, 0.2) is 0 Å². The smallest absolute Gasteiger partial charge is 0.117 e. The molecule has 2 atom stereocenters. The second-order valence-electron chi connectivity index (χ2n) is 4.04. The Morgan fingerprint density at radius 3 is 2.93 bits per heavy atom. The quantitative estimate of drug-likeness (QED) is 0.882. The van der Waals surface area contributed by atoms with Crippen molar-refractivity contribution in [3.05, 3.63) is 20.8 Å². The summed E-state index contributed by atoms with van der Waals surface area (Å²) in [5.41, 5.74) is 4.67. The number of hydrogen-bond acceptors (Lipinski definition) is 2. The molecule has 14 heavy (non-hydrogen) atoms. The van der Waals surface area contributed by atoms with Crippen LogP contribution in [0.3, 0.4) is 0 Å². The van der Waals surface area contributed by atoms with Crippen LogP contribution in [0.5, 0.6) is 0 Å². The third-order valence-electron chi connectivity index (χ3n) is 2.71. The van der Waals surface area contributed by atoms with Crippen molar-refractivity contribution in [1.82, 2.24) is 0 Å². The highest BCUT2D eigenvalue weighted by atomic mass is 79.9. The highest BCUT2D eigenvalue weighted by molar-refractivity contribution is 9.11. The topological polar surface area (TPSA) is 26.0 Å². The van der Waals surface area contributed by atoms with Gasteiger partial charge in [0.2, 0.25) is 0 Å². The number of alkyl halides is 1. The van der Waals surface area contributed by atoms with E-state index in [4.69, 9.17) is 5.73 Å². The zero-order valence-corrected chi connectivity index (χ0v) is 10.2. The standard InChI is InChI=1S/C10H13BrFNS/c11-9-2-1-8(14-9)6-10(12)4-3-7(13)5-10/h1-2,7H,3-6,13H2. The number of nitrogens with two attached hydrogens (primary N) is 1. The summed E-state index contributed by atoms with van der Waals surface area (Å²) in [7, 11) is 0. The number of thiophene rings is 1. The van der Waals surface area contributed by atoms with Crippen molar-refractivity contribution in [2.45, 2.75) is 37.4 Å². The molecule has 0 bridgehead atoms. The van der Waals surface area contributed by atoms with E-state index in [0.29, 0.717) is 19.3 Å². The largest absolute Gasteiger partial charge is 0.328 e. The summed E-state index contributed by atoms with van der Waals surface area (Å²) in [6.45, 7) is 0. The van der Waals surface area contributed by atoms with Crippen molar-refractivity contribution in [1.29, 1.82) is 0 Å². The highest BCUT2D eigenvalue weighted by Crippen LogP contribution is 2.37. The van der Waals surface area contributed by atoms with Gasteiger partial charge >= 0.3 is 0 Å². The molecule has 0 amide bonds. The van der Waals surface area contributed by atoms with Crippen molar-refractivity contribution >= 4 is 27.3 Å². The van der Waals surface area contributed by atoms with Crippen molar-refractivity contribution in [2.75, 3.05) is 0 Å². The monoisotopic (exact) mass is 277 g/mol. The molecule has 1 heterocycles. The van der Waals surface area contributed by atoms with Crippen LogP contribution in [-0.4, -0.2) is 11.7 Å². The van der Waals surface area contributed by atoms with Gasteiger partial charge in [0.1, 0.15) is 5.67 Å². The van der Waals surface area contributed by atoms with Gasteiger partial charge < -0.3 is 5.73 Å². The van der Waals surface area contributed by atoms with Crippen LogP contribution in [0, 0.1) is 0 Å². The van der Waals surface area contributed by atoms with Crippen molar-refractivity contribution in [2.24, 2.45) is 5.73 Å². The van der Waals surface area contributed by atoms with E-state index in [0.717, 1.165) is 15.1 Å². The van der Waals surface area contributed by atoms with Crippen LogP contribution in [0.1, 0.15) is 24.1 Å². The summed E-state index contributed by atoms with van der Waals surface area (Å²) in [5.74, 6) is 0. The fraction of sp³-hybridized carbons (Fsp3) is 0.600. The molecule has 1 aromatic rings. The minimum Gasteiger partial charge on any atom is -0.328 e. The van der Waals surface area contributed by atoms with Crippen LogP contribution in [0.15, 0.2) is 15.9 Å². The first-order chi connectivity index (χ1) is 6.57. The Kier molecular flexibility index (Phi) is 2.96. The maximum Gasteiger partial charge on any atom is 0.117 e. The van der Waals surface area contributed by atoms with Crippen molar-refractivity contribution in [3.8, 4) is 0 Å². The molecule has 1 nitrogen and oxygen atoms in total.